The van der Waals surface area contributed by atoms with Gasteiger partial charge in [0.2, 0.25) is 5.91 Å². The van der Waals surface area contributed by atoms with Crippen LogP contribution in [0.15, 0.2) is 58.8 Å². The molecule has 0 spiro atoms. The third-order valence-corrected chi connectivity index (χ3v) is 5.22. The number of anilines is 3. The van der Waals surface area contributed by atoms with Gasteiger partial charge in [-0.1, -0.05) is 12.1 Å². The van der Waals surface area contributed by atoms with Crippen LogP contribution in [0.2, 0.25) is 0 Å². The van der Waals surface area contributed by atoms with Gasteiger partial charge in [-0.05, 0) is 42.7 Å². The number of carbonyl (C=O) groups is 1. The Morgan fingerprint density at radius 1 is 1.17 bits per heavy atom. The molecule has 152 valence electrons. The summed E-state index contributed by atoms with van der Waals surface area (Å²) in [4.78, 5) is 17.6. The minimum atomic E-state index is -4.73. The highest BCUT2D eigenvalue weighted by molar-refractivity contribution is 7.98. The molecule has 2 aromatic carbocycles. The Hall–Kier alpha value is -2.72. The van der Waals surface area contributed by atoms with Crippen molar-refractivity contribution < 1.29 is 22.7 Å². The molecular formula is C19H16F3N3O2S2. The molecule has 1 amide bonds. The quantitative estimate of drug-likeness (QED) is 0.463. The molecule has 5 nitrogen and oxygen atoms in total. The number of ether oxygens (including phenoxy) is 1. The van der Waals surface area contributed by atoms with E-state index in [0.717, 1.165) is 10.6 Å². The molecule has 2 N–H and O–H groups in total. The number of nitrogens with zero attached hydrogens (tertiary/aromatic N) is 1. The van der Waals surface area contributed by atoms with Crippen molar-refractivity contribution in [2.24, 2.45) is 0 Å². The van der Waals surface area contributed by atoms with Crippen LogP contribution in [0.1, 0.15) is 5.69 Å². The van der Waals surface area contributed by atoms with E-state index in [1.54, 1.807) is 17.1 Å². The minimum absolute atomic E-state index is 0.110. The first kappa shape index (κ1) is 21.0. The maximum absolute atomic E-state index is 12.3. The van der Waals surface area contributed by atoms with Gasteiger partial charge in [-0.15, -0.1) is 36.3 Å². The van der Waals surface area contributed by atoms with E-state index in [9.17, 15) is 18.0 Å². The van der Waals surface area contributed by atoms with Crippen LogP contribution in [0.5, 0.6) is 5.75 Å². The molecule has 0 fully saturated rings. The van der Waals surface area contributed by atoms with Crippen LogP contribution >= 0.6 is 23.1 Å². The largest absolute Gasteiger partial charge is 0.573 e. The van der Waals surface area contributed by atoms with Crippen molar-refractivity contribution >= 4 is 45.5 Å². The average Bonchev–Trinajstić information content (AvgIpc) is 3.09. The Morgan fingerprint density at radius 3 is 2.59 bits per heavy atom. The predicted octanol–water partition coefficient (Wildman–Crippen LogP) is 5.69. The molecule has 29 heavy (non-hydrogen) atoms. The highest BCUT2D eigenvalue weighted by Gasteiger charge is 2.30. The zero-order valence-electron chi connectivity index (χ0n) is 15.1. The molecule has 0 aliphatic rings. The Labute approximate surface area is 173 Å². The second-order valence-electron chi connectivity index (χ2n) is 5.77. The molecule has 0 bridgehead atoms. The molecule has 1 aromatic heterocycles. The van der Waals surface area contributed by atoms with Crippen LogP contribution in [0, 0.1) is 0 Å². The summed E-state index contributed by atoms with van der Waals surface area (Å²) in [7, 11) is 0. The summed E-state index contributed by atoms with van der Waals surface area (Å²) in [6.07, 6.45) is -2.68. The van der Waals surface area contributed by atoms with Crippen LogP contribution in [0.25, 0.3) is 0 Å². The molecule has 0 radical (unpaired) electrons. The third-order valence-electron chi connectivity index (χ3n) is 3.61. The van der Waals surface area contributed by atoms with E-state index >= 15 is 0 Å². The molecule has 0 saturated carbocycles. The summed E-state index contributed by atoms with van der Waals surface area (Å²) in [6, 6.07) is 12.8. The van der Waals surface area contributed by atoms with Crippen LogP contribution in [-0.2, 0) is 11.2 Å². The van der Waals surface area contributed by atoms with Gasteiger partial charge in [-0.25, -0.2) is 4.98 Å². The highest BCUT2D eigenvalue weighted by Crippen LogP contribution is 2.27. The number of rotatable bonds is 7. The topological polar surface area (TPSA) is 63.2 Å². The number of halogens is 3. The maximum atomic E-state index is 12.3. The fourth-order valence-corrected chi connectivity index (χ4v) is 3.70. The van der Waals surface area contributed by atoms with E-state index in [4.69, 9.17) is 0 Å². The van der Waals surface area contributed by atoms with Gasteiger partial charge in [-0.2, -0.15) is 0 Å². The van der Waals surface area contributed by atoms with E-state index in [-0.39, 0.29) is 18.1 Å². The Bertz CT molecular complexity index is 975. The van der Waals surface area contributed by atoms with E-state index in [1.807, 2.05) is 30.5 Å². The number of thiazole rings is 1. The van der Waals surface area contributed by atoms with Gasteiger partial charge in [0.15, 0.2) is 5.13 Å². The summed E-state index contributed by atoms with van der Waals surface area (Å²) in [5.41, 5.74) is 1.90. The molecule has 0 unspecified atom stereocenters. The summed E-state index contributed by atoms with van der Waals surface area (Å²) in [5, 5.41) is 8.15. The van der Waals surface area contributed by atoms with Crippen LogP contribution in [0.4, 0.5) is 29.7 Å². The lowest BCUT2D eigenvalue weighted by atomic mass is 10.3. The number of hydrogen-bond acceptors (Lipinski definition) is 6. The summed E-state index contributed by atoms with van der Waals surface area (Å²) >= 11 is 2.84. The molecule has 1 heterocycles. The first-order chi connectivity index (χ1) is 13.8. The standard InChI is InChI=1S/C19H16F3N3O2S2/c1-28-16-5-3-2-4-15(16)25-17(26)10-13-11-29-18(24-13)23-12-6-8-14(9-7-12)27-19(20,21)22/h2-9,11H,10H2,1H3,(H,23,24)(H,25,26). The normalized spacial score (nSPS) is 11.2. The third kappa shape index (κ3) is 6.40. The van der Waals surface area contributed by atoms with E-state index < -0.39 is 6.36 Å². The second kappa shape index (κ2) is 9.19. The summed E-state index contributed by atoms with van der Waals surface area (Å²) in [5.74, 6) is -0.484. The van der Waals surface area contributed by atoms with Crippen molar-refractivity contribution in [1.29, 1.82) is 0 Å². The maximum Gasteiger partial charge on any atom is 0.573 e. The lowest BCUT2D eigenvalue weighted by molar-refractivity contribution is -0.274. The number of alkyl halides is 3. The van der Waals surface area contributed by atoms with Gasteiger partial charge in [0, 0.05) is 16.0 Å². The van der Waals surface area contributed by atoms with E-state index in [1.165, 1.54) is 35.6 Å². The van der Waals surface area contributed by atoms with Crippen molar-refractivity contribution in [1.82, 2.24) is 4.98 Å². The van der Waals surface area contributed by atoms with Gasteiger partial charge < -0.3 is 15.4 Å². The number of thioether (sulfide) groups is 1. The lowest BCUT2D eigenvalue weighted by Gasteiger charge is -2.09. The van der Waals surface area contributed by atoms with Crippen molar-refractivity contribution in [3.8, 4) is 5.75 Å². The zero-order valence-corrected chi connectivity index (χ0v) is 16.8. The first-order valence-electron chi connectivity index (χ1n) is 8.32. The molecule has 3 aromatic rings. The molecular weight excluding hydrogens is 423 g/mol. The summed E-state index contributed by atoms with van der Waals surface area (Å²) < 4.78 is 40.4. The lowest BCUT2D eigenvalue weighted by Crippen LogP contribution is -2.16. The Kier molecular flexibility index (Phi) is 6.65. The van der Waals surface area contributed by atoms with E-state index in [2.05, 4.69) is 20.4 Å². The molecule has 0 atom stereocenters. The number of nitrogens with one attached hydrogen (secondary N) is 2. The smallest absolute Gasteiger partial charge is 0.406 e. The predicted molar refractivity (Wildman–Crippen MR) is 109 cm³/mol. The Balaban J connectivity index is 1.57. The van der Waals surface area contributed by atoms with Gasteiger partial charge in [-0.3, -0.25) is 4.79 Å². The van der Waals surface area contributed by atoms with E-state index in [0.29, 0.717) is 16.5 Å². The van der Waals surface area contributed by atoms with Gasteiger partial charge >= 0.3 is 6.36 Å². The molecule has 0 saturated heterocycles. The number of amides is 1. The number of para-hydroxylation sites is 1. The van der Waals surface area contributed by atoms with Crippen LogP contribution in [0.3, 0.4) is 0 Å². The molecule has 0 aliphatic heterocycles. The van der Waals surface area contributed by atoms with Crippen LogP contribution in [-0.4, -0.2) is 23.5 Å². The van der Waals surface area contributed by atoms with Gasteiger partial charge in [0.1, 0.15) is 5.75 Å². The minimum Gasteiger partial charge on any atom is -0.406 e. The first-order valence-corrected chi connectivity index (χ1v) is 10.4. The molecule has 0 aliphatic carbocycles. The summed E-state index contributed by atoms with van der Waals surface area (Å²) in [6.45, 7) is 0. The fourth-order valence-electron chi connectivity index (χ4n) is 2.42. The van der Waals surface area contributed by atoms with Gasteiger partial charge in [0.25, 0.3) is 0 Å². The number of aromatic nitrogens is 1. The van der Waals surface area contributed by atoms with Crippen molar-refractivity contribution in [2.45, 2.75) is 17.7 Å². The Morgan fingerprint density at radius 2 is 1.90 bits per heavy atom. The van der Waals surface area contributed by atoms with Crippen molar-refractivity contribution in [3.05, 3.63) is 59.6 Å². The molecule has 10 heteroatoms. The SMILES string of the molecule is CSc1ccccc1NC(=O)Cc1csc(Nc2ccc(OC(F)(F)F)cc2)n1. The zero-order chi connectivity index (χ0) is 20.9. The van der Waals surface area contributed by atoms with Gasteiger partial charge in [0.05, 0.1) is 17.8 Å². The second-order valence-corrected chi connectivity index (χ2v) is 7.47. The fraction of sp³-hybridized carbons (Fsp3) is 0.158. The number of carbonyl (C=O) groups excluding carboxylic acids is 1. The highest BCUT2D eigenvalue weighted by atomic mass is 32.2. The number of hydrogen-bond donors (Lipinski definition) is 2. The average molecular weight is 439 g/mol. The van der Waals surface area contributed by atoms with Crippen molar-refractivity contribution in [3.63, 3.8) is 0 Å². The van der Waals surface area contributed by atoms with Crippen LogP contribution < -0.4 is 15.4 Å². The number of benzene rings is 2. The van der Waals surface area contributed by atoms with Crippen molar-refractivity contribution in [2.75, 3.05) is 16.9 Å². The monoisotopic (exact) mass is 439 g/mol. The molecule has 3 rings (SSSR count).